The van der Waals surface area contributed by atoms with Gasteiger partial charge >= 0.3 is 11.9 Å². The first kappa shape index (κ1) is 16.0. The van der Waals surface area contributed by atoms with E-state index in [2.05, 4.69) is 20.3 Å². The number of benzene rings is 1. The molecule has 0 unspecified atom stereocenters. The van der Waals surface area contributed by atoms with Crippen LogP contribution >= 0.6 is 11.6 Å². The molecule has 0 spiro atoms. The Labute approximate surface area is 131 Å². The summed E-state index contributed by atoms with van der Waals surface area (Å²) in [7, 11) is 0. The second kappa shape index (κ2) is 7.56. The lowest BCUT2D eigenvalue weighted by Crippen LogP contribution is -2.33. The molecule has 7 nitrogen and oxygen atoms in total. The molecular formula is C14H14ClN3O4. The number of carbonyl (C=O) groups excluding carboxylic acids is 2. The summed E-state index contributed by atoms with van der Waals surface area (Å²) in [5, 5.41) is 10.8. The molecule has 116 valence electrons. The third-order valence-electron chi connectivity index (χ3n) is 2.64. The van der Waals surface area contributed by atoms with Gasteiger partial charge in [0.25, 0.3) is 0 Å². The van der Waals surface area contributed by atoms with Gasteiger partial charge in [0.2, 0.25) is 11.8 Å². The molecule has 0 radical (unpaired) electrons. The molecule has 0 aliphatic carbocycles. The zero-order valence-corrected chi connectivity index (χ0v) is 12.6. The van der Waals surface area contributed by atoms with E-state index in [9.17, 15) is 9.59 Å². The van der Waals surface area contributed by atoms with Crippen LogP contribution in [0, 0.1) is 0 Å². The van der Waals surface area contributed by atoms with Crippen molar-refractivity contribution in [1.82, 2.24) is 15.5 Å². The fraction of sp³-hybridized carbons (Fsp3) is 0.286. The number of ether oxygens (including phenoxy) is 1. The van der Waals surface area contributed by atoms with Crippen LogP contribution in [0.2, 0.25) is 5.02 Å². The minimum absolute atomic E-state index is 0.153. The molecule has 1 aromatic carbocycles. The normalized spacial score (nSPS) is 10.3. The maximum Gasteiger partial charge on any atom is 0.396 e. The Bertz CT molecular complexity index is 654. The van der Waals surface area contributed by atoms with Crippen molar-refractivity contribution in [3.05, 3.63) is 35.2 Å². The van der Waals surface area contributed by atoms with Crippen molar-refractivity contribution in [3.8, 4) is 11.5 Å². The summed E-state index contributed by atoms with van der Waals surface area (Å²) in [6.07, 6.45) is 0.311. The second-order valence-corrected chi connectivity index (χ2v) is 4.67. The third kappa shape index (κ3) is 4.29. The highest BCUT2D eigenvalue weighted by Gasteiger charge is 2.14. The van der Waals surface area contributed by atoms with Crippen LogP contribution in [-0.4, -0.2) is 35.2 Å². The van der Waals surface area contributed by atoms with E-state index >= 15 is 0 Å². The lowest BCUT2D eigenvalue weighted by molar-refractivity contribution is -0.154. The molecular weight excluding hydrogens is 310 g/mol. The highest BCUT2D eigenvalue weighted by molar-refractivity contribution is 6.32. The molecule has 2 aromatic rings. The Morgan fingerprint density at radius 3 is 2.68 bits per heavy atom. The van der Waals surface area contributed by atoms with Gasteiger partial charge in [0, 0.05) is 23.6 Å². The molecule has 0 bridgehead atoms. The fourth-order valence-corrected chi connectivity index (χ4v) is 1.74. The maximum atomic E-state index is 11.3. The molecule has 1 heterocycles. The number of amides is 1. The quantitative estimate of drug-likeness (QED) is 0.663. The van der Waals surface area contributed by atoms with Gasteiger partial charge < -0.3 is 14.5 Å². The first-order valence-electron chi connectivity index (χ1n) is 6.63. The predicted octanol–water partition coefficient (Wildman–Crippen LogP) is 1.61. The van der Waals surface area contributed by atoms with Crippen molar-refractivity contribution in [1.29, 1.82) is 0 Å². The van der Waals surface area contributed by atoms with Gasteiger partial charge in [-0.15, -0.1) is 10.2 Å². The summed E-state index contributed by atoms with van der Waals surface area (Å²) in [4.78, 5) is 22.4. The van der Waals surface area contributed by atoms with Gasteiger partial charge in [0.05, 0.1) is 6.61 Å². The number of rotatable bonds is 5. The first-order chi connectivity index (χ1) is 10.6. The third-order valence-corrected chi connectivity index (χ3v) is 2.90. The average molecular weight is 324 g/mol. The van der Waals surface area contributed by atoms with E-state index in [1.165, 1.54) is 0 Å². The van der Waals surface area contributed by atoms with Gasteiger partial charge in [0.15, 0.2) is 0 Å². The number of aromatic nitrogens is 2. The Hall–Kier alpha value is -2.41. The largest absolute Gasteiger partial charge is 0.459 e. The molecule has 0 saturated carbocycles. The minimum atomic E-state index is -0.908. The summed E-state index contributed by atoms with van der Waals surface area (Å²) < 4.78 is 10.0. The number of nitrogens with zero attached hydrogens (tertiary/aromatic N) is 2. The summed E-state index contributed by atoms with van der Waals surface area (Å²) >= 11 is 5.81. The highest BCUT2D eigenvalue weighted by Crippen LogP contribution is 2.20. The van der Waals surface area contributed by atoms with Crippen LogP contribution in [0.4, 0.5) is 0 Å². The number of carbonyl (C=O) groups is 2. The molecule has 2 rings (SSSR count). The SMILES string of the molecule is CCOC(=O)C(=O)NCCc1nnc(-c2ccc(Cl)cc2)o1. The van der Waals surface area contributed by atoms with Crippen LogP contribution in [0.25, 0.3) is 11.5 Å². The molecule has 1 amide bonds. The molecule has 1 N–H and O–H groups in total. The summed E-state index contributed by atoms with van der Waals surface area (Å²) in [6.45, 7) is 1.97. The topological polar surface area (TPSA) is 94.3 Å². The number of nitrogens with one attached hydrogen (secondary N) is 1. The molecule has 0 aliphatic heterocycles. The van der Waals surface area contributed by atoms with E-state index in [1.807, 2.05) is 0 Å². The maximum absolute atomic E-state index is 11.3. The van der Waals surface area contributed by atoms with Gasteiger partial charge in [0.1, 0.15) is 0 Å². The van der Waals surface area contributed by atoms with Gasteiger partial charge in [-0.05, 0) is 31.2 Å². The predicted molar refractivity (Wildman–Crippen MR) is 78.1 cm³/mol. The van der Waals surface area contributed by atoms with Crippen LogP contribution in [0.3, 0.4) is 0 Å². The summed E-state index contributed by atoms with van der Waals surface area (Å²) in [6, 6.07) is 6.98. The van der Waals surface area contributed by atoms with Crippen LogP contribution in [0.1, 0.15) is 12.8 Å². The number of hydrogen-bond donors (Lipinski definition) is 1. The monoisotopic (exact) mass is 323 g/mol. The van der Waals surface area contributed by atoms with Gasteiger partial charge in [-0.1, -0.05) is 11.6 Å². The minimum Gasteiger partial charge on any atom is -0.459 e. The van der Waals surface area contributed by atoms with Crippen molar-refractivity contribution >= 4 is 23.5 Å². The van der Waals surface area contributed by atoms with E-state index in [0.717, 1.165) is 5.56 Å². The van der Waals surface area contributed by atoms with Crippen molar-refractivity contribution in [2.45, 2.75) is 13.3 Å². The van der Waals surface area contributed by atoms with E-state index in [1.54, 1.807) is 31.2 Å². The Morgan fingerprint density at radius 1 is 1.27 bits per heavy atom. The standard InChI is InChI=1S/C14H14ClN3O4/c1-2-21-14(20)12(19)16-8-7-11-17-18-13(22-11)9-3-5-10(15)6-4-9/h3-6H,2,7-8H2,1H3,(H,16,19). The molecule has 0 fully saturated rings. The van der Waals surface area contributed by atoms with Crippen LogP contribution in [0.5, 0.6) is 0 Å². The zero-order chi connectivity index (χ0) is 15.9. The van der Waals surface area contributed by atoms with Crippen LogP contribution in [0.15, 0.2) is 28.7 Å². The number of esters is 1. The number of halogens is 1. The van der Waals surface area contributed by atoms with Gasteiger partial charge in [-0.3, -0.25) is 4.79 Å². The lowest BCUT2D eigenvalue weighted by Gasteiger charge is -2.02. The highest BCUT2D eigenvalue weighted by atomic mass is 35.5. The van der Waals surface area contributed by atoms with E-state index in [0.29, 0.717) is 23.2 Å². The van der Waals surface area contributed by atoms with Crippen molar-refractivity contribution in [2.75, 3.05) is 13.2 Å². The summed E-state index contributed by atoms with van der Waals surface area (Å²) in [5.74, 6) is -0.980. The molecule has 1 aromatic heterocycles. The second-order valence-electron chi connectivity index (χ2n) is 4.23. The molecule has 0 saturated heterocycles. The van der Waals surface area contributed by atoms with E-state index in [4.69, 9.17) is 16.0 Å². The Kier molecular flexibility index (Phi) is 5.48. The van der Waals surface area contributed by atoms with Gasteiger partial charge in [-0.25, -0.2) is 4.79 Å². The van der Waals surface area contributed by atoms with Crippen LogP contribution in [-0.2, 0) is 20.7 Å². The lowest BCUT2D eigenvalue weighted by atomic mass is 10.2. The Balaban J connectivity index is 1.86. The van der Waals surface area contributed by atoms with E-state index < -0.39 is 11.9 Å². The van der Waals surface area contributed by atoms with Crippen molar-refractivity contribution in [3.63, 3.8) is 0 Å². The number of hydrogen-bond acceptors (Lipinski definition) is 6. The first-order valence-corrected chi connectivity index (χ1v) is 7.01. The summed E-state index contributed by atoms with van der Waals surface area (Å²) in [5.41, 5.74) is 0.749. The average Bonchev–Trinajstić information content (AvgIpc) is 2.97. The fourth-order valence-electron chi connectivity index (χ4n) is 1.62. The smallest absolute Gasteiger partial charge is 0.396 e. The molecule has 0 aliphatic rings. The molecule has 0 atom stereocenters. The van der Waals surface area contributed by atoms with Crippen LogP contribution < -0.4 is 5.32 Å². The molecule has 22 heavy (non-hydrogen) atoms. The van der Waals surface area contributed by atoms with Crippen molar-refractivity contribution in [2.24, 2.45) is 0 Å². The van der Waals surface area contributed by atoms with Gasteiger partial charge in [-0.2, -0.15) is 0 Å². The zero-order valence-electron chi connectivity index (χ0n) is 11.8. The molecule has 8 heteroatoms. The Morgan fingerprint density at radius 2 is 2.00 bits per heavy atom. The van der Waals surface area contributed by atoms with E-state index in [-0.39, 0.29) is 13.2 Å². The van der Waals surface area contributed by atoms with Crippen molar-refractivity contribution < 1.29 is 18.7 Å².